The van der Waals surface area contributed by atoms with Crippen molar-refractivity contribution in [1.82, 2.24) is 14.5 Å². The fourth-order valence-corrected chi connectivity index (χ4v) is 2.90. The predicted molar refractivity (Wildman–Crippen MR) is 68.8 cm³/mol. The van der Waals surface area contributed by atoms with E-state index in [0.29, 0.717) is 6.04 Å². The quantitative estimate of drug-likeness (QED) is 0.857. The fourth-order valence-electron chi connectivity index (χ4n) is 2.11. The maximum atomic E-state index is 10.7. The molecule has 1 N–H and O–H groups in total. The lowest BCUT2D eigenvalue weighted by Crippen LogP contribution is -2.18. The van der Waals surface area contributed by atoms with Crippen molar-refractivity contribution in [1.29, 1.82) is 0 Å². The summed E-state index contributed by atoms with van der Waals surface area (Å²) in [4.78, 5) is 19.5. The number of nitrogens with zero attached hydrogens (tertiary/aromatic N) is 3. The van der Waals surface area contributed by atoms with Crippen LogP contribution in [0.1, 0.15) is 25.3 Å². The Kier molecular flexibility index (Phi) is 2.95. The number of fused-ring (bicyclic) bond motifs is 1. The molecule has 0 spiro atoms. The number of carboxylic acids is 1. The molecule has 0 radical (unpaired) electrons. The van der Waals surface area contributed by atoms with E-state index >= 15 is 0 Å². The maximum Gasteiger partial charge on any atom is 0.313 e. The van der Waals surface area contributed by atoms with E-state index in [-0.39, 0.29) is 5.75 Å². The number of aliphatic carboxylic acids is 1. The zero-order valence-corrected chi connectivity index (χ0v) is 10.6. The molecule has 0 atom stereocenters. The molecular formula is C12H13N3O2S. The van der Waals surface area contributed by atoms with Gasteiger partial charge in [0.25, 0.3) is 0 Å². The standard InChI is InChI=1S/C12H13N3O2S/c16-10(17)7-18-12-14-9-5-2-6-13-11(9)15(12)8-3-1-4-8/h2,5-6,8H,1,3-4,7H2,(H,16,17). The van der Waals surface area contributed by atoms with Gasteiger partial charge in [0.1, 0.15) is 5.52 Å². The number of imidazole rings is 1. The Hall–Kier alpha value is -1.56. The van der Waals surface area contributed by atoms with Gasteiger partial charge in [0.2, 0.25) is 0 Å². The zero-order valence-electron chi connectivity index (χ0n) is 9.74. The molecule has 0 saturated heterocycles. The summed E-state index contributed by atoms with van der Waals surface area (Å²) in [6.07, 6.45) is 5.23. The summed E-state index contributed by atoms with van der Waals surface area (Å²) >= 11 is 1.27. The molecule has 94 valence electrons. The number of carbonyl (C=O) groups is 1. The third-order valence-corrected chi connectivity index (χ3v) is 4.12. The smallest absolute Gasteiger partial charge is 0.313 e. The molecule has 0 aliphatic heterocycles. The second kappa shape index (κ2) is 4.61. The molecular weight excluding hydrogens is 250 g/mol. The van der Waals surface area contributed by atoms with Crippen molar-refractivity contribution >= 4 is 28.9 Å². The summed E-state index contributed by atoms with van der Waals surface area (Å²) < 4.78 is 2.10. The SMILES string of the molecule is O=C(O)CSc1nc2cccnc2n1C1CCC1. The highest BCUT2D eigenvalue weighted by Crippen LogP contribution is 2.37. The van der Waals surface area contributed by atoms with Gasteiger partial charge >= 0.3 is 5.97 Å². The molecule has 5 nitrogen and oxygen atoms in total. The second-order valence-corrected chi connectivity index (χ2v) is 5.32. The minimum absolute atomic E-state index is 0.0377. The van der Waals surface area contributed by atoms with Crippen LogP contribution in [-0.4, -0.2) is 31.4 Å². The van der Waals surface area contributed by atoms with E-state index in [1.807, 2.05) is 12.1 Å². The lowest BCUT2D eigenvalue weighted by Gasteiger charge is -2.28. The minimum atomic E-state index is -0.819. The lowest BCUT2D eigenvalue weighted by molar-refractivity contribution is -0.133. The van der Waals surface area contributed by atoms with Crippen LogP contribution in [-0.2, 0) is 4.79 Å². The first-order valence-corrected chi connectivity index (χ1v) is 6.92. The van der Waals surface area contributed by atoms with Crippen molar-refractivity contribution in [2.24, 2.45) is 0 Å². The third-order valence-electron chi connectivity index (χ3n) is 3.18. The van der Waals surface area contributed by atoms with Crippen LogP contribution in [0, 0.1) is 0 Å². The first-order valence-electron chi connectivity index (χ1n) is 5.93. The number of hydrogen-bond donors (Lipinski definition) is 1. The Morgan fingerprint density at radius 2 is 2.39 bits per heavy atom. The van der Waals surface area contributed by atoms with E-state index in [0.717, 1.165) is 29.2 Å². The summed E-state index contributed by atoms with van der Waals surface area (Å²) in [5.74, 6) is -0.782. The number of rotatable bonds is 4. The van der Waals surface area contributed by atoms with E-state index in [4.69, 9.17) is 5.11 Å². The van der Waals surface area contributed by atoms with Gasteiger partial charge in [-0.25, -0.2) is 9.97 Å². The molecule has 2 aromatic rings. The highest BCUT2D eigenvalue weighted by atomic mass is 32.2. The van der Waals surface area contributed by atoms with Crippen molar-refractivity contribution in [3.63, 3.8) is 0 Å². The van der Waals surface area contributed by atoms with Gasteiger partial charge < -0.3 is 9.67 Å². The largest absolute Gasteiger partial charge is 0.481 e. The van der Waals surface area contributed by atoms with E-state index in [2.05, 4.69) is 14.5 Å². The van der Waals surface area contributed by atoms with Gasteiger partial charge in [0.05, 0.1) is 5.75 Å². The summed E-state index contributed by atoms with van der Waals surface area (Å²) in [7, 11) is 0. The van der Waals surface area contributed by atoms with E-state index in [9.17, 15) is 4.79 Å². The summed E-state index contributed by atoms with van der Waals surface area (Å²) in [6.45, 7) is 0. The van der Waals surface area contributed by atoms with Crippen molar-refractivity contribution in [2.75, 3.05) is 5.75 Å². The van der Waals surface area contributed by atoms with Crippen LogP contribution in [0.5, 0.6) is 0 Å². The van der Waals surface area contributed by atoms with Crippen LogP contribution in [0.2, 0.25) is 0 Å². The summed E-state index contributed by atoms with van der Waals surface area (Å²) in [6, 6.07) is 4.20. The Bertz CT molecular complexity index is 592. The highest BCUT2D eigenvalue weighted by molar-refractivity contribution is 7.99. The van der Waals surface area contributed by atoms with Crippen LogP contribution in [0.25, 0.3) is 11.2 Å². The second-order valence-electron chi connectivity index (χ2n) is 4.38. The van der Waals surface area contributed by atoms with E-state index < -0.39 is 5.97 Å². The molecule has 3 rings (SSSR count). The molecule has 18 heavy (non-hydrogen) atoms. The maximum absolute atomic E-state index is 10.7. The van der Waals surface area contributed by atoms with E-state index in [1.165, 1.54) is 18.2 Å². The number of hydrogen-bond acceptors (Lipinski definition) is 4. The van der Waals surface area contributed by atoms with Crippen molar-refractivity contribution in [3.8, 4) is 0 Å². The third kappa shape index (κ3) is 1.96. The van der Waals surface area contributed by atoms with Gasteiger partial charge in [0.15, 0.2) is 10.8 Å². The monoisotopic (exact) mass is 263 g/mol. The van der Waals surface area contributed by atoms with Gasteiger partial charge in [0, 0.05) is 12.2 Å². The van der Waals surface area contributed by atoms with Gasteiger partial charge in [-0.3, -0.25) is 4.79 Å². The van der Waals surface area contributed by atoms with Crippen molar-refractivity contribution in [3.05, 3.63) is 18.3 Å². The number of carboxylic acid groups (broad SMARTS) is 1. The topological polar surface area (TPSA) is 68.0 Å². The highest BCUT2D eigenvalue weighted by Gasteiger charge is 2.25. The molecule has 1 saturated carbocycles. The number of thioether (sulfide) groups is 1. The lowest BCUT2D eigenvalue weighted by atomic mass is 9.93. The van der Waals surface area contributed by atoms with Gasteiger partial charge in [-0.15, -0.1) is 0 Å². The van der Waals surface area contributed by atoms with Crippen molar-refractivity contribution < 1.29 is 9.90 Å². The fraction of sp³-hybridized carbons (Fsp3) is 0.417. The molecule has 0 bridgehead atoms. The average molecular weight is 263 g/mol. The van der Waals surface area contributed by atoms with Crippen LogP contribution < -0.4 is 0 Å². The van der Waals surface area contributed by atoms with Crippen LogP contribution >= 0.6 is 11.8 Å². The Balaban J connectivity index is 2.02. The van der Waals surface area contributed by atoms with Gasteiger partial charge in [-0.2, -0.15) is 0 Å². The van der Waals surface area contributed by atoms with Crippen LogP contribution in [0.15, 0.2) is 23.5 Å². The van der Waals surface area contributed by atoms with E-state index in [1.54, 1.807) is 6.20 Å². The molecule has 2 aromatic heterocycles. The number of aromatic nitrogens is 3. The molecule has 1 aliphatic rings. The molecule has 0 aromatic carbocycles. The first-order chi connectivity index (χ1) is 8.75. The summed E-state index contributed by atoms with van der Waals surface area (Å²) in [5, 5.41) is 9.55. The summed E-state index contributed by atoms with van der Waals surface area (Å²) in [5.41, 5.74) is 1.72. The normalized spacial score (nSPS) is 15.8. The first kappa shape index (κ1) is 11.5. The average Bonchev–Trinajstić information content (AvgIpc) is 2.64. The molecule has 0 amide bonds. The molecule has 0 unspecified atom stereocenters. The molecule has 2 heterocycles. The molecule has 1 aliphatic carbocycles. The Labute approximate surface area is 108 Å². The van der Waals surface area contributed by atoms with Crippen LogP contribution in [0.4, 0.5) is 0 Å². The molecule has 6 heteroatoms. The predicted octanol–water partition coefficient (Wildman–Crippen LogP) is 2.33. The zero-order chi connectivity index (χ0) is 12.5. The van der Waals surface area contributed by atoms with Crippen LogP contribution in [0.3, 0.4) is 0 Å². The van der Waals surface area contributed by atoms with Gasteiger partial charge in [-0.1, -0.05) is 11.8 Å². The van der Waals surface area contributed by atoms with Crippen molar-refractivity contribution in [2.45, 2.75) is 30.5 Å². The minimum Gasteiger partial charge on any atom is -0.481 e. The Morgan fingerprint density at radius 1 is 1.56 bits per heavy atom. The number of pyridine rings is 1. The Morgan fingerprint density at radius 3 is 3.06 bits per heavy atom. The molecule has 1 fully saturated rings. The van der Waals surface area contributed by atoms with Gasteiger partial charge in [-0.05, 0) is 31.4 Å².